The van der Waals surface area contributed by atoms with Gasteiger partial charge in [0.25, 0.3) is 0 Å². The quantitative estimate of drug-likeness (QED) is 0.287. The minimum absolute atomic E-state index is 0.0971. The van der Waals surface area contributed by atoms with E-state index in [-0.39, 0.29) is 34.4 Å². The lowest BCUT2D eigenvalue weighted by atomic mass is 10.1. The number of phenolic OH excluding ortho intramolecular Hbond substituents is 1. The molecular weight excluding hydrogens is 192 g/mol. The van der Waals surface area contributed by atoms with Crippen molar-refractivity contribution in [3.05, 3.63) is 17.7 Å². The number of anilines is 2. The number of carbonyl (C=O) groups is 1. The van der Waals surface area contributed by atoms with Crippen molar-refractivity contribution in [3.8, 4) is 5.75 Å². The molecule has 0 saturated carbocycles. The molecule has 0 fully saturated rings. The Morgan fingerprint density at radius 1 is 1.46 bits per heavy atom. The number of phenols is 1. The molecule has 1 rings (SSSR count). The van der Waals surface area contributed by atoms with Crippen LogP contribution in [-0.4, -0.2) is 16.8 Å². The number of carbonyl (C=O) groups excluding carboxylic acids is 1. The summed E-state index contributed by atoms with van der Waals surface area (Å²) in [5.74, 6) is -0.644. The summed E-state index contributed by atoms with van der Waals surface area (Å²) in [5, 5.41) is 9.13. The van der Waals surface area contributed by atoms with Gasteiger partial charge in [0.05, 0.1) is 17.3 Å². The molecule has 0 heterocycles. The summed E-state index contributed by atoms with van der Waals surface area (Å²) in [5.41, 5.74) is 11.4. The molecule has 0 radical (unpaired) electrons. The number of benzene rings is 1. The van der Waals surface area contributed by atoms with Gasteiger partial charge in [0.1, 0.15) is 5.75 Å². The Balaban J connectivity index is 3.28. The van der Waals surface area contributed by atoms with Crippen molar-refractivity contribution in [2.45, 2.75) is 0 Å². The fraction of sp³-hybridized carbons (Fsp3) is 0.125. The molecule has 1 aromatic carbocycles. The monoisotopic (exact) mass is 200 g/mol. The number of hydrogen-bond acceptors (Lipinski definition) is 4. The number of nitrogen functional groups attached to an aromatic ring is 2. The molecule has 0 aromatic heterocycles. The molecule has 0 aliphatic rings. The predicted octanol–water partition coefficient (Wildman–Crippen LogP) is 0.978. The highest BCUT2D eigenvalue weighted by Gasteiger charge is 2.11. The lowest BCUT2D eigenvalue weighted by molar-refractivity contribution is 0.102. The van der Waals surface area contributed by atoms with E-state index in [0.29, 0.717) is 0 Å². The molecule has 5 N–H and O–H groups in total. The topological polar surface area (TPSA) is 89.3 Å². The highest BCUT2D eigenvalue weighted by atomic mass is 35.5. The van der Waals surface area contributed by atoms with Crippen LogP contribution in [0, 0.1) is 0 Å². The van der Waals surface area contributed by atoms with Crippen molar-refractivity contribution < 1.29 is 9.90 Å². The van der Waals surface area contributed by atoms with Crippen molar-refractivity contribution in [1.82, 2.24) is 0 Å². The van der Waals surface area contributed by atoms with Gasteiger partial charge < -0.3 is 16.6 Å². The number of ketones is 1. The molecule has 0 bridgehead atoms. The number of aromatic hydroxyl groups is 1. The first-order chi connectivity index (χ1) is 6.06. The van der Waals surface area contributed by atoms with Gasteiger partial charge in [-0.25, -0.2) is 0 Å². The van der Waals surface area contributed by atoms with Gasteiger partial charge in [0.15, 0.2) is 5.78 Å². The van der Waals surface area contributed by atoms with Crippen LogP contribution in [-0.2, 0) is 0 Å². The molecule has 0 amide bonds. The zero-order valence-electron chi connectivity index (χ0n) is 6.75. The van der Waals surface area contributed by atoms with Crippen molar-refractivity contribution in [2.24, 2.45) is 0 Å². The summed E-state index contributed by atoms with van der Waals surface area (Å²) in [6.45, 7) is 0. The van der Waals surface area contributed by atoms with Gasteiger partial charge in [-0.2, -0.15) is 0 Å². The average Bonchev–Trinajstić information content (AvgIpc) is 2.10. The second-order valence-electron chi connectivity index (χ2n) is 2.55. The zero-order valence-corrected chi connectivity index (χ0v) is 7.51. The lowest BCUT2D eigenvalue weighted by Crippen LogP contribution is -2.07. The number of hydrogen-bond donors (Lipinski definition) is 3. The van der Waals surface area contributed by atoms with Crippen LogP contribution in [0.4, 0.5) is 11.4 Å². The Bertz CT molecular complexity index is 352. The van der Waals surface area contributed by atoms with Crippen molar-refractivity contribution in [3.63, 3.8) is 0 Å². The van der Waals surface area contributed by atoms with Crippen LogP contribution in [0.25, 0.3) is 0 Å². The van der Waals surface area contributed by atoms with E-state index in [9.17, 15) is 4.79 Å². The van der Waals surface area contributed by atoms with Crippen LogP contribution in [0.2, 0.25) is 0 Å². The minimum Gasteiger partial charge on any atom is -0.508 e. The van der Waals surface area contributed by atoms with Crippen LogP contribution in [0.5, 0.6) is 5.75 Å². The van der Waals surface area contributed by atoms with E-state index in [1.807, 2.05) is 0 Å². The maximum atomic E-state index is 11.2. The fourth-order valence-electron chi connectivity index (χ4n) is 0.963. The van der Waals surface area contributed by atoms with Crippen LogP contribution < -0.4 is 11.5 Å². The molecule has 5 heteroatoms. The Morgan fingerprint density at radius 2 is 2.08 bits per heavy atom. The first kappa shape index (κ1) is 9.67. The first-order valence-electron chi connectivity index (χ1n) is 3.53. The van der Waals surface area contributed by atoms with Gasteiger partial charge >= 0.3 is 0 Å². The molecule has 0 aliphatic carbocycles. The molecule has 4 nitrogen and oxygen atoms in total. The molecule has 0 atom stereocenters. The van der Waals surface area contributed by atoms with Gasteiger partial charge in [-0.3, -0.25) is 4.79 Å². The minimum atomic E-state index is -0.359. The summed E-state index contributed by atoms with van der Waals surface area (Å²) in [6.07, 6.45) is 0. The Hall–Kier alpha value is -1.42. The third kappa shape index (κ3) is 1.84. The van der Waals surface area contributed by atoms with Crippen LogP contribution in [0.15, 0.2) is 12.1 Å². The third-order valence-electron chi connectivity index (χ3n) is 1.62. The maximum Gasteiger partial charge on any atom is 0.179 e. The van der Waals surface area contributed by atoms with Gasteiger partial charge in [-0.15, -0.1) is 11.6 Å². The molecule has 1 aromatic rings. The van der Waals surface area contributed by atoms with E-state index < -0.39 is 0 Å². The summed E-state index contributed by atoms with van der Waals surface area (Å²) in [4.78, 5) is 11.2. The molecule has 0 unspecified atom stereocenters. The van der Waals surface area contributed by atoms with E-state index >= 15 is 0 Å². The number of halogens is 1. The van der Waals surface area contributed by atoms with Gasteiger partial charge in [0, 0.05) is 11.6 Å². The van der Waals surface area contributed by atoms with E-state index in [0.717, 1.165) is 0 Å². The summed E-state index contributed by atoms with van der Waals surface area (Å²) in [7, 11) is 0. The second-order valence-corrected chi connectivity index (χ2v) is 2.82. The standard InChI is InChI=1S/C8H9ClN2O2/c9-3-7(13)5-1-4(12)2-6(10)8(5)11/h1-2,12H,3,10-11H2. The summed E-state index contributed by atoms with van der Waals surface area (Å²) in [6, 6.07) is 2.52. The molecule has 13 heavy (non-hydrogen) atoms. The molecule has 70 valence electrons. The van der Waals surface area contributed by atoms with Crippen molar-refractivity contribution >= 4 is 28.8 Å². The third-order valence-corrected chi connectivity index (χ3v) is 1.86. The number of nitrogens with two attached hydrogens (primary N) is 2. The largest absolute Gasteiger partial charge is 0.508 e. The van der Waals surface area contributed by atoms with E-state index in [1.165, 1.54) is 12.1 Å². The van der Waals surface area contributed by atoms with Gasteiger partial charge in [-0.1, -0.05) is 0 Å². The SMILES string of the molecule is Nc1cc(O)cc(C(=O)CCl)c1N. The molecular formula is C8H9ClN2O2. The van der Waals surface area contributed by atoms with Crippen molar-refractivity contribution in [2.75, 3.05) is 17.3 Å². The number of alkyl halides is 1. The average molecular weight is 201 g/mol. The number of Topliss-reactive ketones (excluding diaryl/α,β-unsaturated/α-hetero) is 1. The highest BCUT2D eigenvalue weighted by molar-refractivity contribution is 6.31. The zero-order chi connectivity index (χ0) is 10.0. The Morgan fingerprint density at radius 3 is 2.62 bits per heavy atom. The van der Waals surface area contributed by atoms with Gasteiger partial charge in [-0.05, 0) is 6.07 Å². The smallest absolute Gasteiger partial charge is 0.179 e. The predicted molar refractivity (Wildman–Crippen MR) is 52.0 cm³/mol. The van der Waals surface area contributed by atoms with E-state index in [2.05, 4.69) is 0 Å². The second kappa shape index (κ2) is 3.53. The Kier molecular flexibility index (Phi) is 2.63. The first-order valence-corrected chi connectivity index (χ1v) is 4.07. The molecule has 0 spiro atoms. The van der Waals surface area contributed by atoms with Crippen LogP contribution >= 0.6 is 11.6 Å². The summed E-state index contributed by atoms with van der Waals surface area (Å²) < 4.78 is 0. The van der Waals surface area contributed by atoms with Gasteiger partial charge in [0.2, 0.25) is 0 Å². The maximum absolute atomic E-state index is 11.2. The van der Waals surface area contributed by atoms with Crippen molar-refractivity contribution in [1.29, 1.82) is 0 Å². The lowest BCUT2D eigenvalue weighted by Gasteiger charge is -2.06. The van der Waals surface area contributed by atoms with E-state index in [1.54, 1.807) is 0 Å². The molecule has 0 saturated heterocycles. The number of rotatable bonds is 2. The van der Waals surface area contributed by atoms with E-state index in [4.69, 9.17) is 28.2 Å². The van der Waals surface area contributed by atoms with Crippen LogP contribution in [0.1, 0.15) is 10.4 Å². The molecule has 0 aliphatic heterocycles. The fourth-order valence-corrected chi connectivity index (χ4v) is 1.11. The Labute approximate surface area is 80.1 Å². The summed E-state index contributed by atoms with van der Waals surface area (Å²) >= 11 is 5.34. The van der Waals surface area contributed by atoms with Crippen LogP contribution in [0.3, 0.4) is 0 Å². The highest BCUT2D eigenvalue weighted by Crippen LogP contribution is 2.26. The normalized spacial score (nSPS) is 9.92.